The molecule has 0 aliphatic heterocycles. The van der Waals surface area contributed by atoms with Gasteiger partial charge in [0.15, 0.2) is 0 Å². The van der Waals surface area contributed by atoms with E-state index in [0.717, 1.165) is 22.4 Å². The van der Waals surface area contributed by atoms with Gasteiger partial charge in [0, 0.05) is 6.99 Å². The van der Waals surface area contributed by atoms with Crippen molar-refractivity contribution in [1.82, 2.24) is 10.2 Å². The van der Waals surface area contributed by atoms with E-state index in [1.807, 2.05) is 13.8 Å². The highest BCUT2D eigenvalue weighted by Gasteiger charge is 2.04. The lowest BCUT2D eigenvalue weighted by atomic mass is 10.1. The molecule has 1 N–H and O–H groups in total. The lowest BCUT2D eigenvalue weighted by Gasteiger charge is -1.99. The van der Waals surface area contributed by atoms with Crippen molar-refractivity contribution in [3.63, 3.8) is 0 Å². The largest absolute Gasteiger partial charge is 0.278 e. The Morgan fingerprint density at radius 2 is 2.09 bits per heavy atom. The molecule has 1 aromatic rings. The molecule has 0 bridgehead atoms. The van der Waals surface area contributed by atoms with Crippen LogP contribution in [0.2, 0.25) is 0 Å². The second-order valence-corrected chi connectivity index (χ2v) is 2.72. The van der Waals surface area contributed by atoms with Crippen molar-refractivity contribution < 1.29 is 1.43 Å². The topological polar surface area (TPSA) is 28.7 Å². The Morgan fingerprint density at radius 1 is 1.45 bits per heavy atom. The molecule has 0 saturated carbocycles. The van der Waals surface area contributed by atoms with Gasteiger partial charge in [-0.15, -0.1) is 0 Å². The molecule has 0 unspecified atom stereocenters. The van der Waals surface area contributed by atoms with Crippen molar-refractivity contribution >= 4 is 11.1 Å². The van der Waals surface area contributed by atoms with Gasteiger partial charge in [0.05, 0.1) is 11.9 Å². The summed E-state index contributed by atoms with van der Waals surface area (Å²) in [7, 11) is 0. The SMILES string of the molecule is C=C(C)c1cn[nH]c1C(=C)C.[HH]. The minimum absolute atomic E-state index is 0. The first-order chi connectivity index (χ1) is 5.13. The molecule has 0 amide bonds. The number of H-pyrrole nitrogens is 1. The number of aromatic amines is 1. The van der Waals surface area contributed by atoms with E-state index in [2.05, 4.69) is 23.4 Å². The lowest BCUT2D eigenvalue weighted by molar-refractivity contribution is 1.07. The van der Waals surface area contributed by atoms with E-state index < -0.39 is 0 Å². The van der Waals surface area contributed by atoms with Gasteiger partial charge >= 0.3 is 0 Å². The average Bonchev–Trinajstić information content (AvgIpc) is 2.32. The van der Waals surface area contributed by atoms with Crippen LogP contribution >= 0.6 is 0 Å². The Bertz CT molecular complexity index is 271. The van der Waals surface area contributed by atoms with Crippen LogP contribution in [0.3, 0.4) is 0 Å². The Labute approximate surface area is 68.1 Å². The molecule has 11 heavy (non-hydrogen) atoms. The van der Waals surface area contributed by atoms with Crippen molar-refractivity contribution in [2.75, 3.05) is 0 Å². The number of allylic oxidation sites excluding steroid dienone is 2. The minimum Gasteiger partial charge on any atom is -0.278 e. The summed E-state index contributed by atoms with van der Waals surface area (Å²) in [6.07, 6.45) is 1.77. The van der Waals surface area contributed by atoms with Crippen LogP contribution in [0.15, 0.2) is 19.4 Å². The second-order valence-electron chi connectivity index (χ2n) is 2.72. The monoisotopic (exact) mass is 150 g/mol. The van der Waals surface area contributed by atoms with Gasteiger partial charge in [0.25, 0.3) is 0 Å². The van der Waals surface area contributed by atoms with E-state index in [0.29, 0.717) is 0 Å². The third-order valence-electron chi connectivity index (χ3n) is 1.53. The minimum atomic E-state index is 0. The normalized spacial score (nSPS) is 9.64. The zero-order valence-electron chi connectivity index (χ0n) is 6.94. The van der Waals surface area contributed by atoms with Gasteiger partial charge < -0.3 is 0 Å². The summed E-state index contributed by atoms with van der Waals surface area (Å²) in [6.45, 7) is 11.6. The van der Waals surface area contributed by atoms with E-state index in [9.17, 15) is 0 Å². The molecule has 2 heteroatoms. The van der Waals surface area contributed by atoms with Gasteiger partial charge in [-0.05, 0) is 25.0 Å². The second kappa shape index (κ2) is 2.74. The van der Waals surface area contributed by atoms with Crippen LogP contribution < -0.4 is 0 Å². The average molecular weight is 150 g/mol. The van der Waals surface area contributed by atoms with Crippen LogP contribution in [0.5, 0.6) is 0 Å². The van der Waals surface area contributed by atoms with Crippen LogP contribution in [0.1, 0.15) is 26.5 Å². The summed E-state index contributed by atoms with van der Waals surface area (Å²) < 4.78 is 0. The molecule has 60 valence electrons. The fourth-order valence-electron chi connectivity index (χ4n) is 0.935. The maximum absolute atomic E-state index is 3.92. The van der Waals surface area contributed by atoms with Crippen molar-refractivity contribution in [2.45, 2.75) is 13.8 Å². The first-order valence-electron chi connectivity index (χ1n) is 3.48. The van der Waals surface area contributed by atoms with Gasteiger partial charge in [0.1, 0.15) is 0 Å². The highest BCUT2D eigenvalue weighted by Crippen LogP contribution is 2.19. The van der Waals surface area contributed by atoms with E-state index in [1.54, 1.807) is 6.20 Å². The summed E-state index contributed by atoms with van der Waals surface area (Å²) in [5.41, 5.74) is 4.03. The molecule has 2 nitrogen and oxygen atoms in total. The predicted molar refractivity (Wildman–Crippen MR) is 50.1 cm³/mol. The number of aromatic nitrogens is 2. The highest BCUT2D eigenvalue weighted by atomic mass is 15.1. The Morgan fingerprint density at radius 3 is 2.45 bits per heavy atom. The molecule has 0 spiro atoms. The molecule has 1 rings (SSSR count). The molecule has 0 saturated heterocycles. The van der Waals surface area contributed by atoms with Gasteiger partial charge in [-0.25, -0.2) is 0 Å². The van der Waals surface area contributed by atoms with Crippen molar-refractivity contribution in [3.8, 4) is 0 Å². The van der Waals surface area contributed by atoms with Crippen molar-refractivity contribution in [1.29, 1.82) is 0 Å². The fraction of sp³-hybridized carbons (Fsp3) is 0.222. The Hall–Kier alpha value is -1.31. The van der Waals surface area contributed by atoms with Crippen LogP contribution in [-0.2, 0) is 0 Å². The summed E-state index contributed by atoms with van der Waals surface area (Å²) in [5.74, 6) is 0. The van der Waals surface area contributed by atoms with E-state index in [4.69, 9.17) is 0 Å². The first kappa shape index (κ1) is 7.79. The van der Waals surface area contributed by atoms with Crippen molar-refractivity contribution in [2.24, 2.45) is 0 Å². The Balaban J connectivity index is 0.00000121. The standard InChI is InChI=1S/C9H12N2.H2/c1-6(2)8-5-10-11-9(8)7(3)4;/h5H,1,3H2,2,4H3,(H,10,11);1H. The predicted octanol–water partition coefficient (Wildman–Crippen LogP) is 2.72. The summed E-state index contributed by atoms with van der Waals surface area (Å²) in [4.78, 5) is 0. The van der Waals surface area contributed by atoms with Crippen molar-refractivity contribution in [3.05, 3.63) is 30.6 Å². The Kier molecular flexibility index (Phi) is 1.94. The number of hydrogen-bond donors (Lipinski definition) is 1. The maximum atomic E-state index is 3.92. The van der Waals surface area contributed by atoms with E-state index in [-0.39, 0.29) is 1.43 Å². The molecule has 0 aliphatic carbocycles. The van der Waals surface area contributed by atoms with E-state index >= 15 is 0 Å². The molecule has 1 heterocycles. The van der Waals surface area contributed by atoms with Crippen LogP contribution in [0.25, 0.3) is 11.1 Å². The highest BCUT2D eigenvalue weighted by molar-refractivity contribution is 5.73. The molecule has 0 fully saturated rings. The maximum Gasteiger partial charge on any atom is 0.0675 e. The number of nitrogens with zero attached hydrogens (tertiary/aromatic N) is 1. The quantitative estimate of drug-likeness (QED) is 0.690. The zero-order chi connectivity index (χ0) is 8.43. The first-order valence-corrected chi connectivity index (χ1v) is 3.48. The van der Waals surface area contributed by atoms with Gasteiger partial charge in [-0.2, -0.15) is 5.10 Å². The number of nitrogens with one attached hydrogen (secondary N) is 1. The molecule has 0 aromatic carbocycles. The summed E-state index contributed by atoms with van der Waals surface area (Å²) >= 11 is 0. The third-order valence-corrected chi connectivity index (χ3v) is 1.53. The molecular weight excluding hydrogens is 136 g/mol. The summed E-state index contributed by atoms with van der Waals surface area (Å²) in [5, 5.41) is 6.79. The van der Waals surface area contributed by atoms with Gasteiger partial charge in [-0.1, -0.05) is 13.2 Å². The zero-order valence-corrected chi connectivity index (χ0v) is 6.94. The number of rotatable bonds is 2. The van der Waals surface area contributed by atoms with Crippen LogP contribution in [0, 0.1) is 0 Å². The summed E-state index contributed by atoms with van der Waals surface area (Å²) in [6, 6.07) is 0. The fourth-order valence-corrected chi connectivity index (χ4v) is 0.935. The molecule has 0 atom stereocenters. The third kappa shape index (κ3) is 1.40. The molecule has 0 aliphatic rings. The lowest BCUT2D eigenvalue weighted by Crippen LogP contribution is -1.83. The molecule has 0 radical (unpaired) electrons. The van der Waals surface area contributed by atoms with Crippen LogP contribution in [-0.4, -0.2) is 10.2 Å². The number of hydrogen-bond acceptors (Lipinski definition) is 1. The smallest absolute Gasteiger partial charge is 0.0675 e. The van der Waals surface area contributed by atoms with Gasteiger partial charge in [-0.3, -0.25) is 5.10 Å². The van der Waals surface area contributed by atoms with Crippen LogP contribution in [0.4, 0.5) is 0 Å². The molecule has 1 aromatic heterocycles. The van der Waals surface area contributed by atoms with Gasteiger partial charge in [0.2, 0.25) is 0 Å². The van der Waals surface area contributed by atoms with E-state index in [1.165, 1.54) is 0 Å². The molecular formula is C9H14N2.